The molecule has 1 aromatic carbocycles. The number of cyclic esters (lactones) is 1. The Morgan fingerprint density at radius 3 is 2.82 bits per heavy atom. The van der Waals surface area contributed by atoms with Gasteiger partial charge in [-0.1, -0.05) is 12.1 Å². The molecule has 17 heavy (non-hydrogen) atoms. The third kappa shape index (κ3) is 2.58. The Morgan fingerprint density at radius 1 is 1.53 bits per heavy atom. The van der Waals surface area contributed by atoms with Crippen LogP contribution in [0.1, 0.15) is 30.5 Å². The van der Waals surface area contributed by atoms with Gasteiger partial charge in [0.1, 0.15) is 5.75 Å². The number of carbonyl (C=O) groups is 1. The summed E-state index contributed by atoms with van der Waals surface area (Å²) in [6.45, 7) is 4.33. The highest BCUT2D eigenvalue weighted by Gasteiger charge is 2.28. The van der Waals surface area contributed by atoms with Gasteiger partial charge in [-0.25, -0.2) is 4.79 Å². The van der Waals surface area contributed by atoms with Crippen LogP contribution < -0.4 is 10.5 Å². The monoisotopic (exact) mass is 235 g/mol. The van der Waals surface area contributed by atoms with Crippen LogP contribution in [0.3, 0.4) is 0 Å². The van der Waals surface area contributed by atoms with Crippen LogP contribution in [-0.4, -0.2) is 18.7 Å². The molecule has 0 aromatic heterocycles. The lowest BCUT2D eigenvalue weighted by Gasteiger charge is -2.14. The summed E-state index contributed by atoms with van der Waals surface area (Å²) < 4.78 is 10.5. The van der Waals surface area contributed by atoms with E-state index >= 15 is 0 Å². The average Bonchev–Trinajstić information content (AvgIpc) is 2.67. The van der Waals surface area contributed by atoms with Crippen molar-refractivity contribution in [2.45, 2.75) is 32.4 Å². The molecule has 2 unspecified atom stereocenters. The molecule has 1 aromatic rings. The van der Waals surface area contributed by atoms with Gasteiger partial charge in [0.05, 0.1) is 6.61 Å². The summed E-state index contributed by atoms with van der Waals surface area (Å²) >= 11 is 0. The molecular weight excluding hydrogens is 218 g/mol. The second-order valence-corrected chi connectivity index (χ2v) is 4.38. The van der Waals surface area contributed by atoms with Crippen molar-refractivity contribution in [1.29, 1.82) is 0 Å². The van der Waals surface area contributed by atoms with Crippen LogP contribution in [0.5, 0.6) is 5.75 Å². The minimum atomic E-state index is -0.463. The van der Waals surface area contributed by atoms with E-state index in [2.05, 4.69) is 0 Å². The Bertz CT molecular complexity index is 429. The van der Waals surface area contributed by atoms with E-state index in [9.17, 15) is 4.79 Å². The number of benzene rings is 1. The van der Waals surface area contributed by atoms with Gasteiger partial charge >= 0.3 is 5.97 Å². The van der Waals surface area contributed by atoms with Gasteiger partial charge in [-0.3, -0.25) is 0 Å². The van der Waals surface area contributed by atoms with E-state index in [1.54, 1.807) is 0 Å². The molecule has 2 atom stereocenters. The van der Waals surface area contributed by atoms with Crippen LogP contribution in [0, 0.1) is 6.92 Å². The second-order valence-electron chi connectivity index (χ2n) is 4.38. The zero-order valence-corrected chi connectivity index (χ0v) is 10.1. The zero-order chi connectivity index (χ0) is 12.4. The standard InChI is InChI=1S/C13H17NO3/c1-8-7-10(9(2)14)3-4-11(8)17-12-5-6-16-13(12)15/h3-4,7,9,12H,5-6,14H2,1-2H3. The zero-order valence-electron chi connectivity index (χ0n) is 10.1. The molecule has 0 radical (unpaired) electrons. The molecule has 2 rings (SSSR count). The smallest absolute Gasteiger partial charge is 0.347 e. The predicted molar refractivity (Wildman–Crippen MR) is 63.8 cm³/mol. The van der Waals surface area contributed by atoms with Gasteiger partial charge in [-0.05, 0) is 31.0 Å². The number of aryl methyl sites for hydroxylation is 1. The minimum absolute atomic E-state index is 0.000745. The molecule has 1 fully saturated rings. The largest absolute Gasteiger partial charge is 0.478 e. The number of rotatable bonds is 3. The summed E-state index contributed by atoms with van der Waals surface area (Å²) in [6, 6.07) is 5.77. The Hall–Kier alpha value is -1.55. The van der Waals surface area contributed by atoms with Crippen molar-refractivity contribution in [2.24, 2.45) is 5.73 Å². The normalized spacial score (nSPS) is 21.1. The summed E-state index contributed by atoms with van der Waals surface area (Å²) in [4.78, 5) is 11.3. The predicted octanol–water partition coefficient (Wildman–Crippen LogP) is 1.71. The Morgan fingerprint density at radius 2 is 2.29 bits per heavy atom. The number of ether oxygens (including phenoxy) is 2. The topological polar surface area (TPSA) is 61.6 Å². The lowest BCUT2D eigenvalue weighted by molar-refractivity contribution is -0.143. The van der Waals surface area contributed by atoms with Gasteiger partial charge in [0.15, 0.2) is 6.10 Å². The molecule has 1 aliphatic rings. The Balaban J connectivity index is 2.14. The van der Waals surface area contributed by atoms with Gasteiger partial charge in [0, 0.05) is 12.5 Å². The van der Waals surface area contributed by atoms with E-state index < -0.39 is 6.10 Å². The highest BCUT2D eigenvalue weighted by Crippen LogP contribution is 2.24. The van der Waals surface area contributed by atoms with E-state index in [4.69, 9.17) is 15.2 Å². The molecule has 0 aliphatic carbocycles. The molecule has 92 valence electrons. The van der Waals surface area contributed by atoms with Crippen molar-refractivity contribution < 1.29 is 14.3 Å². The van der Waals surface area contributed by atoms with Gasteiger partial charge in [-0.15, -0.1) is 0 Å². The molecule has 0 spiro atoms. The lowest BCUT2D eigenvalue weighted by Crippen LogP contribution is -2.22. The quantitative estimate of drug-likeness (QED) is 0.810. The maximum absolute atomic E-state index is 11.3. The van der Waals surface area contributed by atoms with E-state index in [1.807, 2.05) is 32.0 Å². The molecule has 0 saturated carbocycles. The van der Waals surface area contributed by atoms with Crippen LogP contribution >= 0.6 is 0 Å². The van der Waals surface area contributed by atoms with Crippen LogP contribution in [0.15, 0.2) is 18.2 Å². The first-order valence-electron chi connectivity index (χ1n) is 5.77. The molecule has 4 heteroatoms. The summed E-state index contributed by atoms with van der Waals surface area (Å²) in [6.07, 6.45) is 0.155. The number of carbonyl (C=O) groups excluding carboxylic acids is 1. The first-order valence-corrected chi connectivity index (χ1v) is 5.77. The Labute approximate surface area is 101 Å². The summed E-state index contributed by atoms with van der Waals surface area (Å²) in [7, 11) is 0. The highest BCUT2D eigenvalue weighted by molar-refractivity contribution is 5.76. The summed E-state index contributed by atoms with van der Waals surface area (Å²) in [5.74, 6) is 0.443. The van der Waals surface area contributed by atoms with Crippen molar-refractivity contribution in [3.63, 3.8) is 0 Å². The van der Waals surface area contributed by atoms with Crippen molar-refractivity contribution in [3.8, 4) is 5.75 Å². The first kappa shape index (κ1) is 11.9. The van der Waals surface area contributed by atoms with E-state index in [1.165, 1.54) is 0 Å². The van der Waals surface area contributed by atoms with Crippen LogP contribution in [0.25, 0.3) is 0 Å². The third-order valence-electron chi connectivity index (χ3n) is 2.88. The van der Waals surface area contributed by atoms with E-state index in [0.717, 1.165) is 16.9 Å². The minimum Gasteiger partial charge on any atom is -0.478 e. The van der Waals surface area contributed by atoms with Gasteiger partial charge in [0.25, 0.3) is 0 Å². The second kappa shape index (κ2) is 4.75. The van der Waals surface area contributed by atoms with Gasteiger partial charge in [0.2, 0.25) is 0 Å². The fraction of sp³-hybridized carbons (Fsp3) is 0.462. The van der Waals surface area contributed by atoms with Crippen molar-refractivity contribution in [3.05, 3.63) is 29.3 Å². The molecular formula is C13H17NO3. The summed E-state index contributed by atoms with van der Waals surface area (Å²) in [5.41, 5.74) is 7.85. The lowest BCUT2D eigenvalue weighted by atomic mass is 10.1. The van der Waals surface area contributed by atoms with Crippen molar-refractivity contribution in [2.75, 3.05) is 6.61 Å². The fourth-order valence-electron chi connectivity index (χ4n) is 1.83. The molecule has 4 nitrogen and oxygen atoms in total. The third-order valence-corrected chi connectivity index (χ3v) is 2.88. The summed E-state index contributed by atoms with van der Waals surface area (Å²) in [5, 5.41) is 0. The van der Waals surface area contributed by atoms with Gasteiger partial charge < -0.3 is 15.2 Å². The average molecular weight is 235 g/mol. The maximum Gasteiger partial charge on any atom is 0.347 e. The van der Waals surface area contributed by atoms with Gasteiger partial charge in [-0.2, -0.15) is 0 Å². The maximum atomic E-state index is 11.3. The van der Waals surface area contributed by atoms with Crippen LogP contribution in [0.4, 0.5) is 0 Å². The molecule has 1 heterocycles. The number of nitrogens with two attached hydrogens (primary N) is 1. The molecule has 0 amide bonds. The van der Waals surface area contributed by atoms with E-state index in [-0.39, 0.29) is 12.0 Å². The first-order chi connectivity index (χ1) is 8.08. The van der Waals surface area contributed by atoms with Crippen molar-refractivity contribution >= 4 is 5.97 Å². The SMILES string of the molecule is Cc1cc(C(C)N)ccc1OC1CCOC1=O. The van der Waals surface area contributed by atoms with Crippen molar-refractivity contribution in [1.82, 2.24) is 0 Å². The van der Waals surface area contributed by atoms with Crippen LogP contribution in [0.2, 0.25) is 0 Å². The van der Waals surface area contributed by atoms with E-state index in [0.29, 0.717) is 13.0 Å². The molecule has 0 bridgehead atoms. The number of esters is 1. The Kier molecular flexibility index (Phi) is 3.33. The highest BCUT2D eigenvalue weighted by atomic mass is 16.6. The number of hydrogen-bond donors (Lipinski definition) is 1. The molecule has 2 N–H and O–H groups in total. The number of hydrogen-bond acceptors (Lipinski definition) is 4. The van der Waals surface area contributed by atoms with Crippen LogP contribution in [-0.2, 0) is 9.53 Å². The molecule has 1 saturated heterocycles. The fourth-order valence-corrected chi connectivity index (χ4v) is 1.83. The molecule has 1 aliphatic heterocycles.